The van der Waals surface area contributed by atoms with E-state index in [0.717, 1.165) is 23.3 Å². The van der Waals surface area contributed by atoms with Gasteiger partial charge in [0.15, 0.2) is 0 Å². The van der Waals surface area contributed by atoms with Crippen LogP contribution in [0.15, 0.2) is 65.4 Å². The fourth-order valence-electron chi connectivity index (χ4n) is 5.38. The Bertz CT molecular complexity index is 1180. The van der Waals surface area contributed by atoms with Crippen LogP contribution in [0.4, 0.5) is 0 Å². The van der Waals surface area contributed by atoms with Gasteiger partial charge in [-0.15, -0.1) is 0 Å². The standard InChI is InChI=1S/C24H23N3O4/c28-22(25-10-8-15-12-26-18-6-2-1-5-17(15)18)20-19-7-9-24(31-19)14-27(23(29)21(20)24)13-16-4-3-11-30-16/h1-7,9,11-12,19-21,26H,8,10,13-14H2,(H,25,28). The monoisotopic (exact) mass is 417 g/mol. The summed E-state index contributed by atoms with van der Waals surface area (Å²) in [5.41, 5.74) is 1.55. The van der Waals surface area contributed by atoms with E-state index in [9.17, 15) is 9.59 Å². The summed E-state index contributed by atoms with van der Waals surface area (Å²) in [6, 6.07) is 11.8. The van der Waals surface area contributed by atoms with Gasteiger partial charge in [-0.1, -0.05) is 30.4 Å². The number of aromatic nitrogens is 1. The molecule has 4 unspecified atom stereocenters. The first-order chi connectivity index (χ1) is 15.1. The summed E-state index contributed by atoms with van der Waals surface area (Å²) in [6.07, 6.45) is 7.87. The second kappa shape index (κ2) is 6.85. The summed E-state index contributed by atoms with van der Waals surface area (Å²) in [5, 5.41) is 4.21. The van der Waals surface area contributed by atoms with Gasteiger partial charge in [-0.05, 0) is 30.2 Å². The minimum atomic E-state index is -0.701. The van der Waals surface area contributed by atoms with Gasteiger partial charge in [0.2, 0.25) is 11.8 Å². The number of benzene rings is 1. The Hall–Kier alpha value is -3.32. The molecule has 5 heterocycles. The minimum absolute atomic E-state index is 0.0416. The van der Waals surface area contributed by atoms with Gasteiger partial charge in [-0.3, -0.25) is 9.59 Å². The molecule has 0 saturated carbocycles. The number of aromatic amines is 1. The molecule has 2 saturated heterocycles. The molecule has 3 aromatic rings. The van der Waals surface area contributed by atoms with Crippen molar-refractivity contribution in [1.82, 2.24) is 15.2 Å². The van der Waals surface area contributed by atoms with Crippen molar-refractivity contribution in [3.05, 3.63) is 72.3 Å². The molecule has 6 rings (SSSR count). The predicted octanol–water partition coefficient (Wildman–Crippen LogP) is 2.40. The predicted molar refractivity (Wildman–Crippen MR) is 113 cm³/mol. The molecule has 0 radical (unpaired) electrons. The number of hydrogen-bond acceptors (Lipinski definition) is 4. The van der Waals surface area contributed by atoms with E-state index >= 15 is 0 Å². The number of nitrogens with zero attached hydrogens (tertiary/aromatic N) is 1. The molecule has 2 N–H and O–H groups in total. The van der Waals surface area contributed by atoms with Crippen LogP contribution in [0.3, 0.4) is 0 Å². The number of para-hydroxylation sites is 1. The SMILES string of the molecule is O=C(NCCc1c[nH]c2ccccc12)C1C2C=CC3(CN(Cc4ccco4)C(=O)C13)O2. The summed E-state index contributed by atoms with van der Waals surface area (Å²) >= 11 is 0. The molecule has 1 spiro atoms. The fourth-order valence-corrected chi connectivity index (χ4v) is 5.38. The van der Waals surface area contributed by atoms with Crippen molar-refractivity contribution < 1.29 is 18.7 Å². The topological polar surface area (TPSA) is 87.6 Å². The van der Waals surface area contributed by atoms with Gasteiger partial charge in [0, 0.05) is 23.6 Å². The Morgan fingerprint density at radius 1 is 1.26 bits per heavy atom. The largest absolute Gasteiger partial charge is 0.467 e. The highest BCUT2D eigenvalue weighted by Gasteiger charge is 2.66. The number of amides is 2. The number of rotatable bonds is 6. The second-order valence-corrected chi connectivity index (χ2v) is 8.57. The van der Waals surface area contributed by atoms with Gasteiger partial charge >= 0.3 is 0 Å². The van der Waals surface area contributed by atoms with E-state index in [-0.39, 0.29) is 17.9 Å². The van der Waals surface area contributed by atoms with Crippen molar-refractivity contribution in [2.24, 2.45) is 11.8 Å². The molecule has 4 atom stereocenters. The van der Waals surface area contributed by atoms with Crippen molar-refractivity contribution >= 4 is 22.7 Å². The highest BCUT2D eigenvalue weighted by Crippen LogP contribution is 2.52. The summed E-state index contributed by atoms with van der Waals surface area (Å²) in [5.74, 6) is -0.412. The average Bonchev–Trinajstić information content (AvgIpc) is 3.58. The van der Waals surface area contributed by atoms with E-state index in [1.165, 1.54) is 5.39 Å². The molecule has 0 aliphatic carbocycles. The number of fused-ring (bicyclic) bond motifs is 2. The van der Waals surface area contributed by atoms with E-state index in [1.807, 2.05) is 42.6 Å². The van der Waals surface area contributed by atoms with Gasteiger partial charge in [0.1, 0.15) is 11.4 Å². The lowest BCUT2D eigenvalue weighted by Crippen LogP contribution is -2.44. The maximum Gasteiger partial charge on any atom is 0.230 e. The molecule has 158 valence electrons. The summed E-state index contributed by atoms with van der Waals surface area (Å²) < 4.78 is 11.6. The van der Waals surface area contributed by atoms with Crippen LogP contribution in [-0.4, -0.2) is 46.5 Å². The quantitative estimate of drug-likeness (QED) is 0.603. The highest BCUT2D eigenvalue weighted by atomic mass is 16.5. The molecule has 3 aliphatic rings. The second-order valence-electron chi connectivity index (χ2n) is 8.57. The van der Waals surface area contributed by atoms with Crippen LogP contribution in [0.2, 0.25) is 0 Å². The third-order valence-electron chi connectivity index (χ3n) is 6.78. The Balaban J connectivity index is 1.15. The van der Waals surface area contributed by atoms with E-state index in [2.05, 4.69) is 16.4 Å². The zero-order valence-electron chi connectivity index (χ0n) is 16.9. The molecular formula is C24H23N3O4. The summed E-state index contributed by atoms with van der Waals surface area (Å²) in [4.78, 5) is 31.3. The number of nitrogens with one attached hydrogen (secondary N) is 2. The molecule has 7 heteroatoms. The van der Waals surface area contributed by atoms with E-state index in [4.69, 9.17) is 9.15 Å². The molecular weight excluding hydrogens is 394 g/mol. The molecule has 1 aromatic carbocycles. The Labute approximate surface area is 179 Å². The van der Waals surface area contributed by atoms with Crippen LogP contribution < -0.4 is 5.32 Å². The minimum Gasteiger partial charge on any atom is -0.467 e. The lowest BCUT2D eigenvalue weighted by atomic mass is 9.77. The number of ether oxygens (including phenoxy) is 1. The average molecular weight is 417 g/mol. The normalized spacial score (nSPS) is 28.6. The maximum absolute atomic E-state index is 13.2. The van der Waals surface area contributed by atoms with Crippen molar-refractivity contribution in [2.75, 3.05) is 13.1 Å². The lowest BCUT2D eigenvalue weighted by molar-refractivity contribution is -0.138. The van der Waals surface area contributed by atoms with Crippen LogP contribution in [0.25, 0.3) is 10.9 Å². The first-order valence-electron chi connectivity index (χ1n) is 10.7. The lowest BCUT2D eigenvalue weighted by Gasteiger charge is -2.23. The smallest absolute Gasteiger partial charge is 0.230 e. The highest BCUT2D eigenvalue weighted by molar-refractivity contribution is 5.93. The van der Waals surface area contributed by atoms with Crippen LogP contribution in [-0.2, 0) is 27.3 Å². The summed E-state index contributed by atoms with van der Waals surface area (Å²) in [6.45, 7) is 1.35. The molecule has 31 heavy (non-hydrogen) atoms. The van der Waals surface area contributed by atoms with Crippen LogP contribution in [0.5, 0.6) is 0 Å². The van der Waals surface area contributed by atoms with E-state index in [0.29, 0.717) is 19.6 Å². The van der Waals surface area contributed by atoms with Gasteiger partial charge in [-0.2, -0.15) is 0 Å². The van der Waals surface area contributed by atoms with E-state index < -0.39 is 17.4 Å². The van der Waals surface area contributed by atoms with Crippen LogP contribution in [0.1, 0.15) is 11.3 Å². The van der Waals surface area contributed by atoms with Gasteiger partial charge in [0.25, 0.3) is 0 Å². The van der Waals surface area contributed by atoms with Crippen LogP contribution in [0, 0.1) is 11.8 Å². The van der Waals surface area contributed by atoms with Crippen molar-refractivity contribution in [3.63, 3.8) is 0 Å². The molecule has 2 aromatic heterocycles. The number of H-pyrrole nitrogens is 1. The van der Waals surface area contributed by atoms with Gasteiger partial charge < -0.3 is 24.4 Å². The van der Waals surface area contributed by atoms with Crippen molar-refractivity contribution in [3.8, 4) is 0 Å². The Morgan fingerprint density at radius 3 is 3.03 bits per heavy atom. The third-order valence-corrected chi connectivity index (χ3v) is 6.78. The number of likely N-dealkylation sites (tertiary alicyclic amines) is 1. The first kappa shape index (κ1) is 18.4. The number of carbonyl (C=O) groups excluding carboxylic acids is 2. The van der Waals surface area contributed by atoms with Crippen molar-refractivity contribution in [1.29, 1.82) is 0 Å². The Kier molecular flexibility index (Phi) is 4.08. The zero-order valence-corrected chi connectivity index (χ0v) is 16.9. The maximum atomic E-state index is 13.2. The molecule has 3 aliphatic heterocycles. The number of furan rings is 1. The summed E-state index contributed by atoms with van der Waals surface area (Å²) in [7, 11) is 0. The number of carbonyl (C=O) groups is 2. The fraction of sp³-hybridized carbons (Fsp3) is 0.333. The number of hydrogen-bond donors (Lipinski definition) is 2. The van der Waals surface area contributed by atoms with Gasteiger partial charge in [0.05, 0.1) is 37.3 Å². The van der Waals surface area contributed by atoms with Crippen LogP contribution >= 0.6 is 0 Å². The third kappa shape index (κ3) is 2.84. The molecule has 2 fully saturated rings. The van der Waals surface area contributed by atoms with Gasteiger partial charge in [-0.25, -0.2) is 0 Å². The van der Waals surface area contributed by atoms with Crippen molar-refractivity contribution in [2.45, 2.75) is 24.7 Å². The molecule has 2 amide bonds. The zero-order chi connectivity index (χ0) is 21.0. The van der Waals surface area contributed by atoms with E-state index in [1.54, 1.807) is 17.2 Å². The molecule has 2 bridgehead atoms. The molecule has 7 nitrogen and oxygen atoms in total. The first-order valence-corrected chi connectivity index (χ1v) is 10.7. The Morgan fingerprint density at radius 2 is 2.16 bits per heavy atom.